The lowest BCUT2D eigenvalue weighted by molar-refractivity contribution is -0.159. The smallest absolute Gasteiger partial charge is 0.328 e. The van der Waals surface area contributed by atoms with Crippen LogP contribution < -0.4 is 0 Å². The molecule has 2 heterocycles. The number of rotatable bonds is 5. The molecule has 2 unspecified atom stereocenters. The fraction of sp³-hybridized carbons (Fsp3) is 0.800. The van der Waals surface area contributed by atoms with Gasteiger partial charge in [0.2, 0.25) is 0 Å². The van der Waals surface area contributed by atoms with Crippen LogP contribution in [0.25, 0.3) is 0 Å². The van der Waals surface area contributed by atoms with E-state index < -0.39 is 17.6 Å². The number of fused-ring (bicyclic) bond motifs is 1. The minimum absolute atomic E-state index is 0.0136. The van der Waals surface area contributed by atoms with E-state index in [9.17, 15) is 14.4 Å². The van der Waals surface area contributed by atoms with Gasteiger partial charge in [0.15, 0.2) is 18.9 Å². The predicted molar refractivity (Wildman–Crippen MR) is 104 cm³/mol. The highest BCUT2D eigenvalue weighted by Crippen LogP contribution is 2.35. The number of hydrogen-bond donors (Lipinski definition) is 0. The summed E-state index contributed by atoms with van der Waals surface area (Å²) in [6.07, 6.45) is 4.40. The first-order valence-corrected chi connectivity index (χ1v) is 10.3. The van der Waals surface area contributed by atoms with Crippen molar-refractivity contribution in [2.24, 2.45) is 16.3 Å². The maximum atomic E-state index is 13.2. The molecule has 1 aliphatic carbocycles. The molecule has 0 aromatic carbocycles. The topological polar surface area (TPSA) is 82.5 Å². The van der Waals surface area contributed by atoms with Gasteiger partial charge in [-0.15, -0.1) is 0 Å². The standard InChI is InChI=1S/C20H32N4O4/c1-6-11-23-17(25)14-16(22(5)19(23)27)21-15(13-9-7-8-10-13)24(14)12-28-18(26)20(2,3)4/h13-14,16H,6-12H2,1-5H3. The van der Waals surface area contributed by atoms with Gasteiger partial charge in [-0.2, -0.15) is 0 Å². The van der Waals surface area contributed by atoms with Gasteiger partial charge in [-0.25, -0.2) is 9.79 Å². The number of carbonyl (C=O) groups excluding carboxylic acids is 3. The van der Waals surface area contributed by atoms with Crippen molar-refractivity contribution in [3.8, 4) is 0 Å². The first kappa shape index (κ1) is 20.6. The monoisotopic (exact) mass is 392 g/mol. The van der Waals surface area contributed by atoms with Crippen molar-refractivity contribution in [1.82, 2.24) is 14.7 Å². The lowest BCUT2D eigenvalue weighted by Crippen LogP contribution is -2.65. The zero-order chi connectivity index (χ0) is 20.6. The summed E-state index contributed by atoms with van der Waals surface area (Å²) in [6, 6.07) is -0.936. The second-order valence-electron chi connectivity index (χ2n) is 8.99. The van der Waals surface area contributed by atoms with Crippen molar-refractivity contribution < 1.29 is 19.1 Å². The SMILES string of the molecule is CCCN1C(=O)C2C(N=C(C3CCCC3)N2COC(=O)C(C)(C)C)N(C)C1=O. The van der Waals surface area contributed by atoms with E-state index in [4.69, 9.17) is 9.73 Å². The molecule has 2 fully saturated rings. The highest BCUT2D eigenvalue weighted by Gasteiger charge is 2.53. The quantitative estimate of drug-likeness (QED) is 0.671. The van der Waals surface area contributed by atoms with E-state index in [2.05, 4.69) is 0 Å². The van der Waals surface area contributed by atoms with Crippen molar-refractivity contribution in [3.63, 3.8) is 0 Å². The van der Waals surface area contributed by atoms with E-state index in [0.29, 0.717) is 13.0 Å². The van der Waals surface area contributed by atoms with E-state index in [-0.39, 0.29) is 30.6 Å². The number of aliphatic imine (C=N–C) groups is 1. The number of imide groups is 1. The summed E-state index contributed by atoms with van der Waals surface area (Å²) in [5.74, 6) is 0.480. The summed E-state index contributed by atoms with van der Waals surface area (Å²) in [5.41, 5.74) is -0.624. The maximum absolute atomic E-state index is 13.2. The number of urea groups is 1. The second kappa shape index (κ2) is 7.72. The number of ether oxygens (including phenoxy) is 1. The van der Waals surface area contributed by atoms with Crippen LogP contribution in [0, 0.1) is 11.3 Å². The average Bonchev–Trinajstić information content (AvgIpc) is 3.28. The van der Waals surface area contributed by atoms with Crippen LogP contribution in [0.3, 0.4) is 0 Å². The lowest BCUT2D eigenvalue weighted by atomic mass is 9.97. The van der Waals surface area contributed by atoms with Gasteiger partial charge in [0.25, 0.3) is 5.91 Å². The van der Waals surface area contributed by atoms with Crippen LogP contribution in [0.5, 0.6) is 0 Å². The molecule has 8 nitrogen and oxygen atoms in total. The van der Waals surface area contributed by atoms with E-state index in [1.165, 1.54) is 4.90 Å². The summed E-state index contributed by atoms with van der Waals surface area (Å²) < 4.78 is 5.57. The first-order valence-electron chi connectivity index (χ1n) is 10.3. The van der Waals surface area contributed by atoms with Gasteiger partial charge in [-0.3, -0.25) is 14.5 Å². The summed E-state index contributed by atoms with van der Waals surface area (Å²) in [6.45, 7) is 7.70. The van der Waals surface area contributed by atoms with Crippen LogP contribution in [-0.2, 0) is 14.3 Å². The molecular weight excluding hydrogens is 360 g/mol. The molecule has 2 aliphatic heterocycles. The molecule has 1 saturated carbocycles. The molecule has 2 atom stereocenters. The average molecular weight is 393 g/mol. The lowest BCUT2D eigenvalue weighted by Gasteiger charge is -2.41. The number of amides is 3. The zero-order valence-electron chi connectivity index (χ0n) is 17.6. The number of nitrogens with zero attached hydrogens (tertiary/aromatic N) is 4. The van der Waals surface area contributed by atoms with Crippen molar-refractivity contribution in [3.05, 3.63) is 0 Å². The second-order valence-corrected chi connectivity index (χ2v) is 8.99. The maximum Gasteiger partial charge on any atom is 0.328 e. The van der Waals surface area contributed by atoms with Crippen LogP contribution in [-0.4, -0.2) is 71.0 Å². The fourth-order valence-corrected chi connectivity index (χ4v) is 4.14. The van der Waals surface area contributed by atoms with Crippen LogP contribution in [0.4, 0.5) is 4.79 Å². The van der Waals surface area contributed by atoms with Crippen LogP contribution in [0.1, 0.15) is 59.8 Å². The Morgan fingerprint density at radius 2 is 1.86 bits per heavy atom. The summed E-state index contributed by atoms with van der Waals surface area (Å²) in [4.78, 5) is 47.6. The predicted octanol–water partition coefficient (Wildman–Crippen LogP) is 2.44. The molecule has 1 saturated heterocycles. The highest BCUT2D eigenvalue weighted by atomic mass is 16.5. The minimum atomic E-state index is -0.627. The van der Waals surface area contributed by atoms with E-state index in [1.807, 2.05) is 11.8 Å². The number of esters is 1. The van der Waals surface area contributed by atoms with E-state index in [0.717, 1.165) is 31.5 Å². The van der Waals surface area contributed by atoms with Crippen LogP contribution in [0.2, 0.25) is 0 Å². The molecule has 156 valence electrons. The van der Waals surface area contributed by atoms with Gasteiger partial charge in [0.05, 0.1) is 5.41 Å². The van der Waals surface area contributed by atoms with Crippen molar-refractivity contribution in [2.45, 2.75) is 72.0 Å². The van der Waals surface area contributed by atoms with Gasteiger partial charge in [0.1, 0.15) is 5.84 Å². The van der Waals surface area contributed by atoms with Gasteiger partial charge in [-0.1, -0.05) is 19.8 Å². The fourth-order valence-electron chi connectivity index (χ4n) is 4.14. The molecule has 0 aromatic rings. The van der Waals surface area contributed by atoms with E-state index in [1.54, 1.807) is 32.7 Å². The molecule has 0 radical (unpaired) electrons. The van der Waals surface area contributed by atoms with Crippen LogP contribution >= 0.6 is 0 Å². The number of hydrogen-bond acceptors (Lipinski definition) is 6. The van der Waals surface area contributed by atoms with Gasteiger partial charge in [-0.05, 0) is 40.0 Å². The highest BCUT2D eigenvalue weighted by molar-refractivity contribution is 6.04. The van der Waals surface area contributed by atoms with Crippen molar-refractivity contribution >= 4 is 23.7 Å². The summed E-state index contributed by atoms with van der Waals surface area (Å²) in [5, 5.41) is 0. The molecule has 0 bridgehead atoms. The third-order valence-electron chi connectivity index (χ3n) is 5.74. The molecule has 0 N–H and O–H groups in total. The Bertz CT molecular complexity index is 678. The van der Waals surface area contributed by atoms with Gasteiger partial charge < -0.3 is 14.5 Å². The Morgan fingerprint density at radius 3 is 2.43 bits per heavy atom. The molecule has 8 heteroatoms. The van der Waals surface area contributed by atoms with Gasteiger partial charge >= 0.3 is 12.0 Å². The Kier molecular flexibility index (Phi) is 5.68. The van der Waals surface area contributed by atoms with Crippen molar-refractivity contribution in [2.75, 3.05) is 20.3 Å². The number of likely N-dealkylation sites (N-methyl/N-ethyl adjacent to an activating group) is 1. The Hall–Kier alpha value is -2.12. The van der Waals surface area contributed by atoms with Crippen molar-refractivity contribution in [1.29, 1.82) is 0 Å². The Labute approximate surface area is 166 Å². The molecular formula is C20H32N4O4. The first-order chi connectivity index (χ1) is 13.2. The molecule has 0 spiro atoms. The number of amidine groups is 1. The van der Waals surface area contributed by atoms with Gasteiger partial charge in [0, 0.05) is 19.5 Å². The normalized spacial score (nSPS) is 26.0. The zero-order valence-corrected chi connectivity index (χ0v) is 17.6. The summed E-state index contributed by atoms with van der Waals surface area (Å²) >= 11 is 0. The third kappa shape index (κ3) is 3.61. The Morgan fingerprint density at radius 1 is 1.21 bits per heavy atom. The Balaban J connectivity index is 1.89. The minimum Gasteiger partial charge on any atom is -0.444 e. The summed E-state index contributed by atoms with van der Waals surface area (Å²) in [7, 11) is 1.69. The third-order valence-corrected chi connectivity index (χ3v) is 5.74. The molecule has 3 rings (SSSR count). The molecule has 3 aliphatic rings. The van der Waals surface area contributed by atoms with Crippen LogP contribution in [0.15, 0.2) is 4.99 Å². The van der Waals surface area contributed by atoms with E-state index >= 15 is 0 Å². The largest absolute Gasteiger partial charge is 0.444 e. The number of carbonyl (C=O) groups is 3. The molecule has 0 aromatic heterocycles. The molecule has 3 amide bonds. The molecule has 28 heavy (non-hydrogen) atoms.